The number of hydrogen-bond donors (Lipinski definition) is 2. The van der Waals surface area contributed by atoms with Gasteiger partial charge in [0.05, 0.1) is 12.2 Å². The second-order valence-electron chi connectivity index (χ2n) is 11.8. The van der Waals surface area contributed by atoms with Gasteiger partial charge in [-0.2, -0.15) is 0 Å². The van der Waals surface area contributed by atoms with Gasteiger partial charge in [-0.3, -0.25) is 0 Å². The molecule has 3 heteroatoms. The van der Waals surface area contributed by atoms with E-state index in [2.05, 4.69) is 37.8 Å². The molecule has 7 atom stereocenters. The summed E-state index contributed by atoms with van der Waals surface area (Å²) in [6.45, 7) is 10.2. The summed E-state index contributed by atoms with van der Waals surface area (Å²) in [5.41, 5.74) is 3.33. The Morgan fingerprint density at radius 2 is 1.84 bits per heavy atom. The Labute approximate surface area is 191 Å². The smallest absolute Gasteiger partial charge is 0.0602 e. The summed E-state index contributed by atoms with van der Waals surface area (Å²) < 4.78 is 0. The van der Waals surface area contributed by atoms with Gasteiger partial charge in [0, 0.05) is 6.04 Å². The van der Waals surface area contributed by atoms with E-state index in [1.54, 1.807) is 5.57 Å². The van der Waals surface area contributed by atoms with Crippen molar-refractivity contribution in [1.29, 1.82) is 0 Å². The third-order valence-electron chi connectivity index (χ3n) is 9.61. The molecule has 0 unspecified atom stereocenters. The van der Waals surface area contributed by atoms with Gasteiger partial charge in [0.2, 0.25) is 0 Å². The van der Waals surface area contributed by atoms with E-state index >= 15 is 0 Å². The van der Waals surface area contributed by atoms with Crippen LogP contribution in [0.15, 0.2) is 23.3 Å². The average molecular weight is 430 g/mol. The number of aliphatic hydroxyl groups excluding tert-OH is 2. The maximum absolute atomic E-state index is 10.0. The minimum Gasteiger partial charge on any atom is -0.393 e. The highest BCUT2D eigenvalue weighted by atomic mass is 16.3. The number of hydrogen-bond acceptors (Lipinski definition) is 3. The predicted octanol–water partition coefficient (Wildman–Crippen LogP) is 5.86. The molecule has 4 rings (SSSR count). The average Bonchev–Trinajstić information content (AvgIpc) is 3.08. The first-order chi connectivity index (χ1) is 14.9. The first kappa shape index (κ1) is 23.5. The highest BCUT2D eigenvalue weighted by molar-refractivity contribution is 5.26. The van der Waals surface area contributed by atoms with Crippen molar-refractivity contribution < 1.29 is 10.2 Å². The molecule has 4 aliphatic rings. The van der Waals surface area contributed by atoms with Crippen molar-refractivity contribution in [3.63, 3.8) is 0 Å². The van der Waals surface area contributed by atoms with Crippen LogP contribution in [0.25, 0.3) is 0 Å². The van der Waals surface area contributed by atoms with Crippen molar-refractivity contribution in [3.05, 3.63) is 23.3 Å². The van der Waals surface area contributed by atoms with Crippen LogP contribution in [0.4, 0.5) is 0 Å². The van der Waals surface area contributed by atoms with E-state index in [-0.39, 0.29) is 12.2 Å². The fourth-order valence-electron chi connectivity index (χ4n) is 7.81. The molecule has 0 spiro atoms. The lowest BCUT2D eigenvalue weighted by Gasteiger charge is -2.45. The molecule has 0 radical (unpaired) electrons. The fourth-order valence-corrected chi connectivity index (χ4v) is 7.81. The van der Waals surface area contributed by atoms with E-state index in [0.717, 1.165) is 36.6 Å². The van der Waals surface area contributed by atoms with Crippen LogP contribution >= 0.6 is 0 Å². The molecule has 1 heterocycles. The molecule has 3 saturated carbocycles. The molecule has 0 aromatic rings. The van der Waals surface area contributed by atoms with Gasteiger partial charge in [0.15, 0.2) is 0 Å². The zero-order valence-corrected chi connectivity index (χ0v) is 20.4. The van der Waals surface area contributed by atoms with Crippen LogP contribution in [0, 0.1) is 23.2 Å². The number of rotatable bonds is 5. The minimum absolute atomic E-state index is 0.371. The third-order valence-corrected chi connectivity index (χ3v) is 9.61. The Morgan fingerprint density at radius 1 is 1.06 bits per heavy atom. The lowest BCUT2D eigenvalue weighted by molar-refractivity contribution is 0.0609. The maximum atomic E-state index is 10.0. The molecule has 0 aromatic carbocycles. The summed E-state index contributed by atoms with van der Waals surface area (Å²) in [7, 11) is 0. The van der Waals surface area contributed by atoms with E-state index in [1.807, 2.05) is 0 Å². The third kappa shape index (κ3) is 5.31. The Kier molecular flexibility index (Phi) is 7.66. The van der Waals surface area contributed by atoms with Gasteiger partial charge in [-0.05, 0) is 114 Å². The van der Waals surface area contributed by atoms with Gasteiger partial charge >= 0.3 is 0 Å². The van der Waals surface area contributed by atoms with Crippen LogP contribution in [-0.2, 0) is 0 Å². The molecule has 1 saturated heterocycles. The second kappa shape index (κ2) is 10.1. The highest BCUT2D eigenvalue weighted by Gasteiger charge is 2.50. The van der Waals surface area contributed by atoms with E-state index in [1.165, 1.54) is 76.5 Å². The van der Waals surface area contributed by atoms with Crippen LogP contribution in [0.2, 0.25) is 0 Å². The molecule has 3 nitrogen and oxygen atoms in total. The molecule has 2 N–H and O–H groups in total. The molecule has 4 fully saturated rings. The summed E-state index contributed by atoms with van der Waals surface area (Å²) in [6, 6.07) is 0.780. The number of piperidine rings is 1. The summed E-state index contributed by atoms with van der Waals surface area (Å²) >= 11 is 0. The quantitative estimate of drug-likeness (QED) is 0.575. The van der Waals surface area contributed by atoms with Crippen molar-refractivity contribution in [1.82, 2.24) is 4.90 Å². The Bertz CT molecular complexity index is 658. The molecular formula is C28H47NO2. The Balaban J connectivity index is 1.40. The number of nitrogens with zero attached hydrogens (tertiary/aromatic N) is 1. The van der Waals surface area contributed by atoms with E-state index in [9.17, 15) is 10.2 Å². The summed E-state index contributed by atoms with van der Waals surface area (Å²) in [4.78, 5) is 2.75. The van der Waals surface area contributed by atoms with Crippen LogP contribution in [0.3, 0.4) is 0 Å². The monoisotopic (exact) mass is 429 g/mol. The van der Waals surface area contributed by atoms with Crippen molar-refractivity contribution in [3.8, 4) is 0 Å². The maximum Gasteiger partial charge on any atom is 0.0602 e. The topological polar surface area (TPSA) is 43.7 Å². The first-order valence-corrected chi connectivity index (χ1v) is 13.4. The van der Waals surface area contributed by atoms with Crippen LogP contribution < -0.4 is 0 Å². The normalized spacial score (nSPS) is 41.9. The fraction of sp³-hybridized carbons (Fsp3) is 0.857. The van der Waals surface area contributed by atoms with Crippen LogP contribution in [0.1, 0.15) is 97.8 Å². The largest absolute Gasteiger partial charge is 0.393 e. The zero-order chi connectivity index (χ0) is 22.0. The first-order valence-electron chi connectivity index (χ1n) is 13.4. The lowest BCUT2D eigenvalue weighted by Crippen LogP contribution is -2.40. The zero-order valence-electron chi connectivity index (χ0n) is 20.4. The number of fused-ring (bicyclic) bond motifs is 1. The standard InChI is InChI=1S/C28H47NO2/c1-20(13-16-29-15-5-4-7-21(29)2)26-11-12-27-23(8-6-14-28(26,27)3)10-9-22-17-24(30)19-25(31)18-22/h9-10,20-21,24-27,30-31H,4-8,11-19H2,1-3H3/b23-10+/t20-,21+,24-,25-,26-,27+,28-/m1/s1. The highest BCUT2D eigenvalue weighted by Crippen LogP contribution is 2.59. The van der Waals surface area contributed by atoms with E-state index in [0.29, 0.717) is 11.8 Å². The second-order valence-corrected chi connectivity index (χ2v) is 11.8. The Morgan fingerprint density at radius 3 is 2.58 bits per heavy atom. The van der Waals surface area contributed by atoms with Crippen molar-refractivity contribution in [2.75, 3.05) is 13.1 Å². The molecule has 0 amide bonds. The lowest BCUT2D eigenvalue weighted by atomic mass is 9.61. The van der Waals surface area contributed by atoms with Crippen molar-refractivity contribution in [2.45, 2.75) is 116 Å². The molecule has 0 aromatic heterocycles. The molecule has 176 valence electrons. The molecule has 31 heavy (non-hydrogen) atoms. The van der Waals surface area contributed by atoms with E-state index in [4.69, 9.17) is 0 Å². The molecule has 1 aliphatic heterocycles. The number of allylic oxidation sites excluding steroid dienone is 3. The SMILES string of the molecule is C[C@H](CCN1CCCC[C@@H]1C)[C@H]1CC[C@H]2/C(=C/C=C3C[C@@H](O)C[C@H](O)C3)CCC[C@]12C. The summed E-state index contributed by atoms with van der Waals surface area (Å²) in [5.74, 6) is 2.40. The summed E-state index contributed by atoms with van der Waals surface area (Å²) in [5, 5.41) is 20.0. The molecule has 3 aliphatic carbocycles. The van der Waals surface area contributed by atoms with Gasteiger partial charge in [0.25, 0.3) is 0 Å². The van der Waals surface area contributed by atoms with Crippen LogP contribution in [0.5, 0.6) is 0 Å². The van der Waals surface area contributed by atoms with Gasteiger partial charge < -0.3 is 15.1 Å². The van der Waals surface area contributed by atoms with Gasteiger partial charge in [-0.25, -0.2) is 0 Å². The Hall–Kier alpha value is -0.640. The van der Waals surface area contributed by atoms with Crippen LogP contribution in [-0.4, -0.2) is 46.5 Å². The van der Waals surface area contributed by atoms with Crippen molar-refractivity contribution in [2.24, 2.45) is 23.2 Å². The van der Waals surface area contributed by atoms with Gasteiger partial charge in [0.1, 0.15) is 0 Å². The number of likely N-dealkylation sites (tertiary alicyclic amines) is 1. The minimum atomic E-state index is -0.371. The molecular weight excluding hydrogens is 382 g/mol. The number of aliphatic hydroxyl groups is 2. The predicted molar refractivity (Wildman–Crippen MR) is 129 cm³/mol. The van der Waals surface area contributed by atoms with Gasteiger partial charge in [-0.15, -0.1) is 0 Å². The van der Waals surface area contributed by atoms with Crippen molar-refractivity contribution >= 4 is 0 Å². The van der Waals surface area contributed by atoms with Gasteiger partial charge in [-0.1, -0.05) is 43.6 Å². The molecule has 0 bridgehead atoms. The summed E-state index contributed by atoms with van der Waals surface area (Å²) in [6.07, 6.45) is 18.1. The van der Waals surface area contributed by atoms with E-state index < -0.39 is 0 Å².